The first kappa shape index (κ1) is 15.9. The zero-order valence-electron chi connectivity index (χ0n) is 12.9. The minimum atomic E-state index is -0.647. The van der Waals surface area contributed by atoms with Crippen LogP contribution in [-0.2, 0) is 11.3 Å². The van der Waals surface area contributed by atoms with Crippen molar-refractivity contribution in [1.29, 1.82) is 0 Å². The van der Waals surface area contributed by atoms with E-state index in [2.05, 4.69) is 28.9 Å². The molecule has 1 atom stereocenters. The molecule has 1 aliphatic rings. The Bertz CT molecular complexity index is 503. The van der Waals surface area contributed by atoms with Crippen LogP contribution in [0.1, 0.15) is 35.7 Å². The van der Waals surface area contributed by atoms with E-state index in [9.17, 15) is 9.18 Å². The molecule has 1 aromatic rings. The van der Waals surface area contributed by atoms with Crippen molar-refractivity contribution in [2.75, 3.05) is 20.7 Å². The van der Waals surface area contributed by atoms with Crippen molar-refractivity contribution in [2.45, 2.75) is 38.4 Å². The summed E-state index contributed by atoms with van der Waals surface area (Å²) in [7, 11) is 3.39. The van der Waals surface area contributed by atoms with E-state index < -0.39 is 11.8 Å². The van der Waals surface area contributed by atoms with Crippen LogP contribution in [0.4, 0.5) is 4.39 Å². The third kappa shape index (κ3) is 4.25. The van der Waals surface area contributed by atoms with Crippen LogP contribution in [0.3, 0.4) is 0 Å². The van der Waals surface area contributed by atoms with Crippen molar-refractivity contribution >= 4 is 5.97 Å². The van der Waals surface area contributed by atoms with Crippen LogP contribution in [0.15, 0.2) is 18.2 Å². The molecule has 5 heteroatoms. The van der Waals surface area contributed by atoms with Gasteiger partial charge in [0.05, 0.1) is 12.7 Å². The molecule has 4 nitrogen and oxygen atoms in total. The Labute approximate surface area is 125 Å². The Morgan fingerprint density at radius 1 is 1.52 bits per heavy atom. The highest BCUT2D eigenvalue weighted by molar-refractivity contribution is 5.89. The molecule has 2 rings (SSSR count). The lowest BCUT2D eigenvalue weighted by atomic mass is 10.1. The molecule has 1 fully saturated rings. The molecular weight excluding hydrogens is 271 g/mol. The molecular formula is C16H23FN2O2. The molecule has 1 saturated carbocycles. The number of rotatable bonds is 7. The van der Waals surface area contributed by atoms with Gasteiger partial charge in [-0.15, -0.1) is 0 Å². The average Bonchev–Trinajstić information content (AvgIpc) is 3.30. The lowest BCUT2D eigenvalue weighted by molar-refractivity contribution is 0.0595. The molecule has 0 saturated heterocycles. The number of nitrogens with one attached hydrogen (secondary N) is 1. The Hall–Kier alpha value is -1.46. The highest BCUT2D eigenvalue weighted by Crippen LogP contribution is 2.26. The van der Waals surface area contributed by atoms with E-state index in [1.807, 2.05) is 0 Å². The van der Waals surface area contributed by atoms with E-state index in [4.69, 9.17) is 0 Å². The summed E-state index contributed by atoms with van der Waals surface area (Å²) in [4.78, 5) is 13.7. The Balaban J connectivity index is 1.83. The van der Waals surface area contributed by atoms with Crippen molar-refractivity contribution in [3.8, 4) is 0 Å². The maximum absolute atomic E-state index is 13.8. The summed E-state index contributed by atoms with van der Waals surface area (Å²) >= 11 is 0. The van der Waals surface area contributed by atoms with Gasteiger partial charge < -0.3 is 10.1 Å². The minimum Gasteiger partial charge on any atom is -0.465 e. The SMILES string of the molecule is COC(=O)c1ccc(CNCC(C)N(C)C2CC2)cc1F. The molecule has 0 radical (unpaired) electrons. The Morgan fingerprint density at radius 3 is 2.81 bits per heavy atom. The first-order chi connectivity index (χ1) is 10.0. The lowest BCUT2D eigenvalue weighted by Crippen LogP contribution is -2.38. The molecule has 0 spiro atoms. The quantitative estimate of drug-likeness (QED) is 0.783. The summed E-state index contributed by atoms with van der Waals surface area (Å²) in [5.41, 5.74) is 0.796. The molecule has 21 heavy (non-hydrogen) atoms. The van der Waals surface area contributed by atoms with Crippen LogP contribution in [0, 0.1) is 5.82 Å². The predicted octanol–water partition coefficient (Wildman–Crippen LogP) is 2.18. The van der Waals surface area contributed by atoms with Crippen LogP contribution >= 0.6 is 0 Å². The second kappa shape index (κ2) is 7.00. The van der Waals surface area contributed by atoms with E-state index in [0.29, 0.717) is 12.6 Å². The van der Waals surface area contributed by atoms with Crippen LogP contribution in [0.5, 0.6) is 0 Å². The first-order valence-electron chi connectivity index (χ1n) is 7.32. The number of esters is 1. The van der Waals surface area contributed by atoms with Crippen LogP contribution < -0.4 is 5.32 Å². The second-order valence-corrected chi connectivity index (χ2v) is 5.68. The van der Waals surface area contributed by atoms with Gasteiger partial charge >= 0.3 is 5.97 Å². The number of benzene rings is 1. The van der Waals surface area contributed by atoms with Gasteiger partial charge in [0.15, 0.2) is 0 Å². The van der Waals surface area contributed by atoms with Crippen LogP contribution in [0.2, 0.25) is 0 Å². The number of carbonyl (C=O) groups is 1. The van der Waals surface area contributed by atoms with E-state index in [1.165, 1.54) is 32.1 Å². The molecule has 0 bridgehead atoms. The zero-order valence-corrected chi connectivity index (χ0v) is 12.9. The van der Waals surface area contributed by atoms with E-state index in [1.54, 1.807) is 6.07 Å². The number of likely N-dealkylation sites (N-methyl/N-ethyl adjacent to an activating group) is 1. The molecule has 0 amide bonds. The van der Waals surface area contributed by atoms with Crippen LogP contribution in [0.25, 0.3) is 0 Å². The summed E-state index contributed by atoms with van der Waals surface area (Å²) in [6.45, 7) is 3.63. The standard InChI is InChI=1S/C16H23FN2O2/c1-11(19(2)13-5-6-13)9-18-10-12-4-7-14(15(17)8-12)16(20)21-3/h4,7-8,11,13,18H,5-6,9-10H2,1-3H3. The van der Waals surface area contributed by atoms with Gasteiger partial charge in [-0.25, -0.2) is 9.18 Å². The maximum atomic E-state index is 13.8. The van der Waals surface area contributed by atoms with Gasteiger partial charge in [-0.1, -0.05) is 6.07 Å². The predicted molar refractivity (Wildman–Crippen MR) is 79.7 cm³/mol. The molecule has 0 heterocycles. The Morgan fingerprint density at radius 2 is 2.24 bits per heavy atom. The fourth-order valence-electron chi connectivity index (χ4n) is 2.36. The topological polar surface area (TPSA) is 41.6 Å². The van der Waals surface area contributed by atoms with Crippen molar-refractivity contribution in [3.05, 3.63) is 35.1 Å². The molecule has 0 aromatic heterocycles. The number of hydrogen-bond donors (Lipinski definition) is 1. The summed E-state index contributed by atoms with van der Waals surface area (Å²) in [5.74, 6) is -1.18. The van der Waals surface area contributed by atoms with E-state index >= 15 is 0 Å². The highest BCUT2D eigenvalue weighted by atomic mass is 19.1. The molecule has 1 aromatic carbocycles. The fraction of sp³-hybridized carbons (Fsp3) is 0.562. The third-order valence-corrected chi connectivity index (χ3v) is 4.03. The smallest absolute Gasteiger partial charge is 0.340 e. The minimum absolute atomic E-state index is 0.0249. The van der Waals surface area contributed by atoms with Gasteiger partial charge in [0, 0.05) is 25.2 Å². The van der Waals surface area contributed by atoms with Gasteiger partial charge in [0.25, 0.3) is 0 Å². The summed E-state index contributed by atoms with van der Waals surface area (Å²) in [6.07, 6.45) is 2.59. The molecule has 1 aliphatic carbocycles. The molecule has 116 valence electrons. The number of carbonyl (C=O) groups excluding carboxylic acids is 1. The summed E-state index contributed by atoms with van der Waals surface area (Å²) < 4.78 is 18.3. The number of nitrogens with zero attached hydrogens (tertiary/aromatic N) is 1. The fourth-order valence-corrected chi connectivity index (χ4v) is 2.36. The summed E-state index contributed by atoms with van der Waals surface area (Å²) in [6, 6.07) is 5.79. The van der Waals surface area contributed by atoms with Crippen molar-refractivity contribution < 1.29 is 13.9 Å². The lowest BCUT2D eigenvalue weighted by Gasteiger charge is -2.24. The van der Waals surface area contributed by atoms with Crippen molar-refractivity contribution in [1.82, 2.24) is 10.2 Å². The van der Waals surface area contributed by atoms with Gasteiger partial charge in [0.1, 0.15) is 5.82 Å². The van der Waals surface area contributed by atoms with Gasteiger partial charge in [-0.3, -0.25) is 4.90 Å². The van der Waals surface area contributed by atoms with Crippen LogP contribution in [-0.4, -0.2) is 43.7 Å². The maximum Gasteiger partial charge on any atom is 0.340 e. The number of ether oxygens (including phenoxy) is 1. The van der Waals surface area contributed by atoms with Gasteiger partial charge in [-0.2, -0.15) is 0 Å². The first-order valence-corrected chi connectivity index (χ1v) is 7.32. The number of methoxy groups -OCH3 is 1. The number of hydrogen-bond acceptors (Lipinski definition) is 4. The van der Waals surface area contributed by atoms with E-state index in [0.717, 1.165) is 18.2 Å². The molecule has 1 N–H and O–H groups in total. The number of halogens is 1. The largest absolute Gasteiger partial charge is 0.465 e. The summed E-state index contributed by atoms with van der Waals surface area (Å²) in [5, 5.41) is 3.33. The molecule has 1 unspecified atom stereocenters. The Kier molecular flexibility index (Phi) is 5.31. The van der Waals surface area contributed by atoms with Gasteiger partial charge in [-0.05, 0) is 44.5 Å². The van der Waals surface area contributed by atoms with Crippen molar-refractivity contribution in [3.63, 3.8) is 0 Å². The second-order valence-electron chi connectivity index (χ2n) is 5.68. The van der Waals surface area contributed by atoms with Gasteiger partial charge in [0.2, 0.25) is 0 Å². The normalized spacial score (nSPS) is 16.0. The highest BCUT2D eigenvalue weighted by Gasteiger charge is 2.28. The third-order valence-electron chi connectivity index (χ3n) is 4.03. The molecule has 0 aliphatic heterocycles. The monoisotopic (exact) mass is 294 g/mol. The van der Waals surface area contributed by atoms with Crippen molar-refractivity contribution in [2.24, 2.45) is 0 Å². The zero-order chi connectivity index (χ0) is 15.4. The van der Waals surface area contributed by atoms with E-state index in [-0.39, 0.29) is 5.56 Å². The average molecular weight is 294 g/mol.